The Bertz CT molecular complexity index is 775. The molecule has 3 rings (SSSR count). The lowest BCUT2D eigenvalue weighted by molar-refractivity contribution is 0.0818. The second-order valence-corrected chi connectivity index (χ2v) is 10.8. The summed E-state index contributed by atoms with van der Waals surface area (Å²) in [6.07, 6.45) is 4.52. The van der Waals surface area contributed by atoms with Gasteiger partial charge >= 0.3 is 0 Å². The molecule has 0 bridgehead atoms. The summed E-state index contributed by atoms with van der Waals surface area (Å²) in [5, 5.41) is 17.3. The van der Waals surface area contributed by atoms with E-state index in [0.29, 0.717) is 18.4 Å². The van der Waals surface area contributed by atoms with Crippen molar-refractivity contribution in [1.82, 2.24) is 15.3 Å². The maximum atomic E-state index is 10.0. The third kappa shape index (κ3) is 5.74. The fraction of sp³-hybridized carbons (Fsp3) is 0.619. The van der Waals surface area contributed by atoms with Crippen LogP contribution in [0.25, 0.3) is 10.6 Å². The maximum absolute atomic E-state index is 10.0. The molecule has 0 saturated carbocycles. The molecule has 0 aromatic carbocycles. The number of nitrogens with one attached hydrogen (secondary N) is 2. The molecular weight excluding hydrogens is 356 g/mol. The van der Waals surface area contributed by atoms with Crippen molar-refractivity contribution in [2.45, 2.75) is 83.5 Å². The lowest BCUT2D eigenvalue weighted by Gasteiger charge is -2.46. The standard InChI is InChI=1S/C21H32N4OS/c1-19(2)11-14(12-20(3,4)25-19)23-18-22-10-9-16(24-18)17-8-7-15(27-17)13-21(5,6)26/h7-10,14,25-26H,11-13H2,1-6H3,(H,22,23,24). The van der Waals surface area contributed by atoms with Gasteiger partial charge in [-0.15, -0.1) is 11.3 Å². The minimum atomic E-state index is -0.699. The predicted octanol–water partition coefficient (Wildman–Crippen LogP) is 4.24. The van der Waals surface area contributed by atoms with Crippen LogP contribution < -0.4 is 10.6 Å². The van der Waals surface area contributed by atoms with E-state index < -0.39 is 5.60 Å². The third-order valence-electron chi connectivity index (χ3n) is 4.70. The van der Waals surface area contributed by atoms with E-state index in [4.69, 9.17) is 4.98 Å². The smallest absolute Gasteiger partial charge is 0.223 e. The topological polar surface area (TPSA) is 70.1 Å². The van der Waals surface area contributed by atoms with E-state index in [9.17, 15) is 5.11 Å². The van der Waals surface area contributed by atoms with Crippen LogP contribution in [-0.4, -0.2) is 37.8 Å². The Labute approximate surface area is 166 Å². The summed E-state index contributed by atoms with van der Waals surface area (Å²) in [6, 6.07) is 6.43. The van der Waals surface area contributed by atoms with E-state index in [1.165, 1.54) is 0 Å². The molecule has 2 aromatic heterocycles. The minimum absolute atomic E-state index is 0.0801. The number of hydrogen-bond acceptors (Lipinski definition) is 6. The van der Waals surface area contributed by atoms with Crippen molar-refractivity contribution in [3.8, 4) is 10.6 Å². The molecule has 148 valence electrons. The van der Waals surface area contributed by atoms with E-state index in [2.05, 4.69) is 55.4 Å². The van der Waals surface area contributed by atoms with Crippen molar-refractivity contribution >= 4 is 17.3 Å². The van der Waals surface area contributed by atoms with Gasteiger partial charge in [-0.2, -0.15) is 0 Å². The second-order valence-electron chi connectivity index (χ2n) is 9.66. The number of anilines is 1. The molecule has 5 nitrogen and oxygen atoms in total. The van der Waals surface area contributed by atoms with Gasteiger partial charge in [-0.1, -0.05) is 0 Å². The van der Waals surface area contributed by atoms with Crippen LogP contribution in [0, 0.1) is 0 Å². The molecule has 3 N–H and O–H groups in total. The van der Waals surface area contributed by atoms with Gasteiger partial charge in [-0.25, -0.2) is 9.97 Å². The third-order valence-corrected chi connectivity index (χ3v) is 5.81. The highest BCUT2D eigenvalue weighted by Gasteiger charge is 2.37. The monoisotopic (exact) mass is 388 g/mol. The number of hydrogen-bond donors (Lipinski definition) is 3. The Balaban J connectivity index is 1.74. The first-order valence-corrected chi connectivity index (χ1v) is 10.4. The summed E-state index contributed by atoms with van der Waals surface area (Å²) in [6.45, 7) is 12.7. The van der Waals surface area contributed by atoms with Gasteiger partial charge in [0.05, 0.1) is 16.2 Å². The molecule has 0 atom stereocenters. The van der Waals surface area contributed by atoms with E-state index in [-0.39, 0.29) is 11.1 Å². The summed E-state index contributed by atoms with van der Waals surface area (Å²) in [5.41, 5.74) is 0.384. The zero-order chi connectivity index (χ0) is 19.9. The largest absolute Gasteiger partial charge is 0.390 e. The van der Waals surface area contributed by atoms with Gasteiger partial charge in [0.1, 0.15) is 0 Å². The van der Waals surface area contributed by atoms with E-state index in [0.717, 1.165) is 28.3 Å². The Kier molecular flexibility index (Phi) is 5.36. The molecule has 1 fully saturated rings. The zero-order valence-electron chi connectivity index (χ0n) is 17.3. The highest BCUT2D eigenvalue weighted by molar-refractivity contribution is 7.15. The molecule has 0 radical (unpaired) electrons. The van der Waals surface area contributed by atoms with Gasteiger partial charge in [0.15, 0.2) is 0 Å². The SMILES string of the molecule is CC(C)(O)Cc1ccc(-c2ccnc(NC3CC(C)(C)NC(C)(C)C3)n2)s1. The fourth-order valence-electron chi connectivity index (χ4n) is 4.21. The van der Waals surface area contributed by atoms with Crippen molar-refractivity contribution in [1.29, 1.82) is 0 Å². The summed E-state index contributed by atoms with van der Waals surface area (Å²) >= 11 is 1.68. The highest BCUT2D eigenvalue weighted by Crippen LogP contribution is 2.31. The summed E-state index contributed by atoms with van der Waals surface area (Å²) in [4.78, 5) is 11.5. The summed E-state index contributed by atoms with van der Waals surface area (Å²) < 4.78 is 0. The maximum Gasteiger partial charge on any atom is 0.223 e. The van der Waals surface area contributed by atoms with Crippen LogP contribution in [-0.2, 0) is 6.42 Å². The van der Waals surface area contributed by atoms with Crippen LogP contribution in [0.3, 0.4) is 0 Å². The predicted molar refractivity (Wildman–Crippen MR) is 113 cm³/mol. The number of thiophene rings is 1. The Morgan fingerprint density at radius 2 is 1.85 bits per heavy atom. The molecule has 3 heterocycles. The molecule has 1 aliphatic heterocycles. The van der Waals surface area contributed by atoms with Gasteiger partial charge < -0.3 is 15.7 Å². The molecule has 0 spiro atoms. The molecule has 0 amide bonds. The van der Waals surface area contributed by atoms with Crippen molar-refractivity contribution < 1.29 is 5.11 Å². The molecule has 0 unspecified atom stereocenters. The number of piperidine rings is 1. The summed E-state index contributed by atoms with van der Waals surface area (Å²) in [5.74, 6) is 0.684. The number of rotatable bonds is 5. The van der Waals surface area contributed by atoms with Gasteiger partial charge in [-0.3, -0.25) is 0 Å². The number of aliphatic hydroxyl groups is 1. The van der Waals surface area contributed by atoms with Gasteiger partial charge in [0.25, 0.3) is 0 Å². The Morgan fingerprint density at radius 3 is 2.48 bits per heavy atom. The van der Waals surface area contributed by atoms with Crippen LogP contribution in [0.4, 0.5) is 5.95 Å². The first-order valence-electron chi connectivity index (χ1n) is 9.61. The molecular formula is C21H32N4OS. The van der Waals surface area contributed by atoms with Crippen molar-refractivity contribution in [3.63, 3.8) is 0 Å². The summed E-state index contributed by atoms with van der Waals surface area (Å²) in [7, 11) is 0. The van der Waals surface area contributed by atoms with Gasteiger partial charge in [0, 0.05) is 34.6 Å². The van der Waals surface area contributed by atoms with E-state index in [1.54, 1.807) is 11.3 Å². The quantitative estimate of drug-likeness (QED) is 0.715. The van der Waals surface area contributed by atoms with E-state index >= 15 is 0 Å². The molecule has 1 aliphatic rings. The first-order chi connectivity index (χ1) is 12.4. The Morgan fingerprint density at radius 1 is 1.19 bits per heavy atom. The van der Waals surface area contributed by atoms with Crippen LogP contribution in [0.15, 0.2) is 24.4 Å². The van der Waals surface area contributed by atoms with Crippen LogP contribution in [0.2, 0.25) is 0 Å². The minimum Gasteiger partial charge on any atom is -0.390 e. The first kappa shape index (κ1) is 20.2. The van der Waals surface area contributed by atoms with Crippen LogP contribution in [0.5, 0.6) is 0 Å². The average Bonchev–Trinajstić information content (AvgIpc) is 2.90. The van der Waals surface area contributed by atoms with E-state index in [1.807, 2.05) is 26.1 Å². The molecule has 27 heavy (non-hydrogen) atoms. The van der Waals surface area contributed by atoms with Crippen molar-refractivity contribution in [2.75, 3.05) is 5.32 Å². The molecule has 2 aromatic rings. The van der Waals surface area contributed by atoms with Crippen molar-refractivity contribution in [2.24, 2.45) is 0 Å². The Hall–Kier alpha value is -1.50. The van der Waals surface area contributed by atoms with Gasteiger partial charge in [0.2, 0.25) is 5.95 Å². The van der Waals surface area contributed by atoms with Crippen LogP contribution in [0.1, 0.15) is 59.3 Å². The lowest BCUT2D eigenvalue weighted by atomic mass is 9.80. The number of nitrogens with zero attached hydrogens (tertiary/aromatic N) is 2. The fourth-order valence-corrected chi connectivity index (χ4v) is 5.41. The van der Waals surface area contributed by atoms with Crippen molar-refractivity contribution in [3.05, 3.63) is 29.3 Å². The number of aromatic nitrogens is 2. The average molecular weight is 389 g/mol. The van der Waals surface area contributed by atoms with Crippen LogP contribution >= 0.6 is 11.3 Å². The molecule has 6 heteroatoms. The lowest BCUT2D eigenvalue weighted by Crippen LogP contribution is -2.60. The second kappa shape index (κ2) is 7.15. The molecule has 1 saturated heterocycles. The molecule has 0 aliphatic carbocycles. The highest BCUT2D eigenvalue weighted by atomic mass is 32.1. The zero-order valence-corrected chi connectivity index (χ0v) is 18.1. The van der Waals surface area contributed by atoms with Gasteiger partial charge in [-0.05, 0) is 72.6 Å². The normalized spacial score (nSPS) is 19.8.